The van der Waals surface area contributed by atoms with E-state index < -0.39 is 15.3 Å². The van der Waals surface area contributed by atoms with E-state index in [1.54, 1.807) is 38.1 Å². The average molecular weight is 267 g/mol. The molecule has 0 saturated heterocycles. The lowest BCUT2D eigenvalue weighted by molar-refractivity contribution is 0.305. The highest BCUT2D eigenvalue weighted by Gasteiger charge is 2.16. The Labute approximate surface area is 108 Å². The van der Waals surface area contributed by atoms with Gasteiger partial charge in [-0.15, -0.1) is 0 Å². The number of benzene rings is 1. The molecule has 2 N–H and O–H groups in total. The van der Waals surface area contributed by atoms with Crippen molar-refractivity contribution in [1.29, 1.82) is 0 Å². The molecule has 1 aromatic carbocycles. The molecule has 98 valence electrons. The zero-order valence-corrected chi connectivity index (χ0v) is 11.3. The third kappa shape index (κ3) is 4.06. The second-order valence-electron chi connectivity index (χ2n) is 4.02. The summed E-state index contributed by atoms with van der Waals surface area (Å²) >= 11 is 0. The number of rotatable bonds is 4. The Morgan fingerprint density at radius 3 is 2.61 bits per heavy atom. The molecular weight excluding hydrogens is 250 g/mol. The summed E-state index contributed by atoms with van der Waals surface area (Å²) in [6.07, 6.45) is 0.366. The van der Waals surface area contributed by atoms with E-state index in [0.29, 0.717) is 17.7 Å². The zero-order chi connectivity index (χ0) is 13.6. The Hall–Kier alpha value is -1.51. The third-order valence-corrected chi connectivity index (χ3v) is 4.01. The van der Waals surface area contributed by atoms with Crippen LogP contribution in [0.4, 0.5) is 5.69 Å². The number of sulfonamides is 1. The summed E-state index contributed by atoms with van der Waals surface area (Å²) in [7, 11) is -3.37. The molecule has 5 heteroatoms. The molecule has 0 amide bonds. The normalized spacial score (nSPS) is 10.9. The fourth-order valence-electron chi connectivity index (χ4n) is 1.17. The van der Waals surface area contributed by atoms with Gasteiger partial charge in [-0.25, -0.2) is 8.42 Å². The highest BCUT2D eigenvalue weighted by molar-refractivity contribution is 7.93. The molecule has 4 nitrogen and oxygen atoms in total. The van der Waals surface area contributed by atoms with Gasteiger partial charge in [-0.05, 0) is 26.0 Å². The zero-order valence-electron chi connectivity index (χ0n) is 10.5. The Kier molecular flexibility index (Phi) is 5.20. The number of hydrogen-bond acceptors (Lipinski definition) is 3. The molecule has 0 aliphatic heterocycles. The van der Waals surface area contributed by atoms with Crippen molar-refractivity contribution >= 4 is 15.7 Å². The minimum atomic E-state index is -3.37. The summed E-state index contributed by atoms with van der Waals surface area (Å²) in [4.78, 5) is 0. The summed E-state index contributed by atoms with van der Waals surface area (Å²) < 4.78 is 26.1. The van der Waals surface area contributed by atoms with Crippen molar-refractivity contribution in [2.45, 2.75) is 25.5 Å². The van der Waals surface area contributed by atoms with Crippen molar-refractivity contribution in [1.82, 2.24) is 0 Å². The second kappa shape index (κ2) is 6.43. The van der Waals surface area contributed by atoms with Crippen LogP contribution in [0.1, 0.15) is 25.8 Å². The molecule has 0 aliphatic carbocycles. The molecule has 0 saturated carbocycles. The molecule has 0 aliphatic rings. The van der Waals surface area contributed by atoms with Crippen LogP contribution >= 0.6 is 0 Å². The van der Waals surface area contributed by atoms with Crippen molar-refractivity contribution in [3.05, 3.63) is 29.8 Å². The van der Waals surface area contributed by atoms with Crippen LogP contribution in [0, 0.1) is 11.8 Å². The highest BCUT2D eigenvalue weighted by Crippen LogP contribution is 2.16. The lowest BCUT2D eigenvalue weighted by Gasteiger charge is -2.11. The van der Waals surface area contributed by atoms with Crippen molar-refractivity contribution < 1.29 is 13.5 Å². The van der Waals surface area contributed by atoms with E-state index in [4.69, 9.17) is 5.11 Å². The smallest absolute Gasteiger partial charge is 0.235 e. The predicted molar refractivity (Wildman–Crippen MR) is 72.7 cm³/mol. The van der Waals surface area contributed by atoms with Crippen LogP contribution in [0.15, 0.2) is 24.3 Å². The summed E-state index contributed by atoms with van der Waals surface area (Å²) in [5.41, 5.74) is 1.08. The summed E-state index contributed by atoms with van der Waals surface area (Å²) in [6.45, 7) is 3.22. The van der Waals surface area contributed by atoms with Crippen molar-refractivity contribution in [3.8, 4) is 11.8 Å². The molecule has 0 aromatic heterocycles. The van der Waals surface area contributed by atoms with Gasteiger partial charge in [0.25, 0.3) is 0 Å². The third-order valence-electron chi connectivity index (χ3n) is 2.26. The Morgan fingerprint density at radius 1 is 1.33 bits per heavy atom. The van der Waals surface area contributed by atoms with Crippen LogP contribution < -0.4 is 4.72 Å². The van der Waals surface area contributed by atoms with Gasteiger partial charge in [0, 0.05) is 12.0 Å². The van der Waals surface area contributed by atoms with E-state index in [9.17, 15) is 8.42 Å². The van der Waals surface area contributed by atoms with Crippen LogP contribution in [0.25, 0.3) is 0 Å². The molecule has 0 bridgehead atoms. The molecule has 0 heterocycles. The van der Waals surface area contributed by atoms with Gasteiger partial charge >= 0.3 is 0 Å². The first-order chi connectivity index (χ1) is 8.47. The van der Waals surface area contributed by atoms with Gasteiger partial charge in [0.2, 0.25) is 10.0 Å². The van der Waals surface area contributed by atoms with Crippen molar-refractivity contribution in [2.75, 3.05) is 11.3 Å². The van der Waals surface area contributed by atoms with Crippen LogP contribution in [0.2, 0.25) is 0 Å². The number of hydrogen-bond donors (Lipinski definition) is 2. The topological polar surface area (TPSA) is 66.4 Å². The molecule has 1 rings (SSSR count). The molecule has 18 heavy (non-hydrogen) atoms. The van der Waals surface area contributed by atoms with Crippen LogP contribution in [0.5, 0.6) is 0 Å². The largest absolute Gasteiger partial charge is 0.395 e. The highest BCUT2D eigenvalue weighted by atomic mass is 32.2. The molecule has 0 unspecified atom stereocenters. The van der Waals surface area contributed by atoms with Gasteiger partial charge in [0.1, 0.15) is 0 Å². The Morgan fingerprint density at radius 2 is 2.00 bits per heavy atom. The lowest BCUT2D eigenvalue weighted by Crippen LogP contribution is -2.22. The maximum absolute atomic E-state index is 11.8. The van der Waals surface area contributed by atoms with E-state index in [1.165, 1.54) is 0 Å². The molecule has 0 radical (unpaired) electrons. The van der Waals surface area contributed by atoms with Crippen LogP contribution in [0.3, 0.4) is 0 Å². The average Bonchev–Trinajstić information content (AvgIpc) is 2.31. The summed E-state index contributed by atoms with van der Waals surface area (Å²) in [6, 6.07) is 6.94. The second-order valence-corrected chi connectivity index (χ2v) is 6.25. The van der Waals surface area contributed by atoms with Gasteiger partial charge in [-0.3, -0.25) is 4.72 Å². The first-order valence-electron chi connectivity index (χ1n) is 5.67. The maximum atomic E-state index is 11.8. The maximum Gasteiger partial charge on any atom is 0.235 e. The van der Waals surface area contributed by atoms with Crippen LogP contribution in [-0.4, -0.2) is 25.4 Å². The minimum Gasteiger partial charge on any atom is -0.395 e. The lowest BCUT2D eigenvalue weighted by atomic mass is 10.2. The van der Waals surface area contributed by atoms with Gasteiger partial charge in [0.15, 0.2) is 0 Å². The summed E-state index contributed by atoms with van der Waals surface area (Å²) in [5, 5.41) is 8.16. The van der Waals surface area contributed by atoms with Gasteiger partial charge in [0.05, 0.1) is 17.5 Å². The molecule has 0 atom stereocenters. The molecular formula is C13H17NO3S. The number of aliphatic hydroxyl groups excluding tert-OH is 1. The molecule has 1 aromatic rings. The fourth-order valence-corrected chi connectivity index (χ4v) is 1.89. The van der Waals surface area contributed by atoms with Crippen molar-refractivity contribution in [3.63, 3.8) is 0 Å². The standard InChI is InChI=1S/C13H17NO3S/c1-11(2)18(16,17)14-13-9-4-3-7-12(13)8-5-6-10-15/h3-4,7,9,11,14-15H,6,10H2,1-2H3. The number of aliphatic hydroxyl groups is 1. The first-order valence-corrected chi connectivity index (χ1v) is 7.22. The van der Waals surface area contributed by atoms with Gasteiger partial charge in [-0.2, -0.15) is 0 Å². The van der Waals surface area contributed by atoms with Gasteiger partial charge < -0.3 is 5.11 Å². The van der Waals surface area contributed by atoms with E-state index in [-0.39, 0.29) is 6.61 Å². The Bertz CT molecular complexity index is 553. The quantitative estimate of drug-likeness (QED) is 0.814. The SMILES string of the molecule is CC(C)S(=O)(=O)Nc1ccccc1C#CCCO. The summed E-state index contributed by atoms with van der Waals surface area (Å²) in [5.74, 6) is 5.61. The fraction of sp³-hybridized carbons (Fsp3) is 0.385. The van der Waals surface area contributed by atoms with E-state index in [0.717, 1.165) is 0 Å². The number of nitrogens with one attached hydrogen (secondary N) is 1. The first kappa shape index (κ1) is 14.6. The monoisotopic (exact) mass is 267 g/mol. The minimum absolute atomic E-state index is 0.00706. The van der Waals surface area contributed by atoms with E-state index in [2.05, 4.69) is 16.6 Å². The number of anilines is 1. The Balaban J connectivity index is 3.01. The van der Waals surface area contributed by atoms with E-state index in [1.807, 2.05) is 0 Å². The molecule has 0 fully saturated rings. The number of para-hydroxylation sites is 1. The van der Waals surface area contributed by atoms with Crippen LogP contribution in [-0.2, 0) is 10.0 Å². The predicted octanol–water partition coefficient (Wildman–Crippen LogP) is 1.57. The molecule has 0 spiro atoms. The van der Waals surface area contributed by atoms with Crippen molar-refractivity contribution in [2.24, 2.45) is 0 Å². The van der Waals surface area contributed by atoms with Gasteiger partial charge in [-0.1, -0.05) is 24.0 Å². The van der Waals surface area contributed by atoms with E-state index >= 15 is 0 Å².